The first-order valence-electron chi connectivity index (χ1n) is 11.3. The Balaban J connectivity index is 1.57. The average Bonchev–Trinajstić information content (AvgIpc) is 3.17. The van der Waals surface area contributed by atoms with Gasteiger partial charge in [-0.15, -0.1) is 0 Å². The first kappa shape index (κ1) is 25.1. The van der Waals surface area contributed by atoms with Crippen LogP contribution in [0.25, 0.3) is 11.1 Å². The molecule has 0 bridgehead atoms. The maximum absolute atomic E-state index is 13.3. The second kappa shape index (κ2) is 10.3. The zero-order valence-electron chi connectivity index (χ0n) is 20.6. The molecule has 1 atom stereocenters. The highest BCUT2D eigenvalue weighted by atomic mass is 32.3. The third kappa shape index (κ3) is 5.63. The van der Waals surface area contributed by atoms with E-state index in [2.05, 4.69) is 29.4 Å². The van der Waals surface area contributed by atoms with Gasteiger partial charge in [-0.2, -0.15) is 0 Å². The number of anilines is 1. The molecule has 0 fully saturated rings. The summed E-state index contributed by atoms with van der Waals surface area (Å²) in [6.45, 7) is -0.293. The van der Waals surface area contributed by atoms with Crippen molar-refractivity contribution in [3.63, 3.8) is 0 Å². The topological polar surface area (TPSA) is 103 Å². The van der Waals surface area contributed by atoms with Gasteiger partial charge in [-0.05, 0) is 77.8 Å². The molecule has 36 heavy (non-hydrogen) atoms. The van der Waals surface area contributed by atoms with E-state index >= 15 is 0 Å². The van der Waals surface area contributed by atoms with Crippen LogP contribution >= 0.6 is 10.0 Å². The summed E-state index contributed by atoms with van der Waals surface area (Å²) < 4.78 is 11.7. The lowest BCUT2D eigenvalue weighted by atomic mass is 10.1. The summed E-state index contributed by atoms with van der Waals surface area (Å²) >= 11 is 0. The summed E-state index contributed by atoms with van der Waals surface area (Å²) in [5, 5.41) is 5.66. The Morgan fingerprint density at radius 2 is 1.64 bits per heavy atom. The largest absolute Gasteiger partial charge is 0.497 e. The number of hydrogen-bond donors (Lipinski definition) is 2. The number of aromatic nitrogens is 1. The Labute approximate surface area is 210 Å². The molecule has 0 radical (unpaired) electrons. The summed E-state index contributed by atoms with van der Waals surface area (Å²) in [7, 11) is 0.661. The Hall–Kier alpha value is -3.98. The van der Waals surface area contributed by atoms with Crippen LogP contribution in [0.3, 0.4) is 0 Å². The molecule has 2 amide bonds. The minimum absolute atomic E-state index is 0.293. The third-order valence-electron chi connectivity index (χ3n) is 5.72. The fourth-order valence-corrected chi connectivity index (χ4v) is 4.72. The first-order chi connectivity index (χ1) is 17.2. The van der Waals surface area contributed by atoms with Crippen LogP contribution in [0.2, 0.25) is 0 Å². The number of ether oxygens (including phenoxy) is 1. The minimum Gasteiger partial charge on any atom is -0.497 e. The molecule has 8 nitrogen and oxygen atoms in total. The molecular formula is C27H29N3O5S. The highest BCUT2D eigenvalue weighted by molar-refractivity contribution is 8.32. The van der Waals surface area contributed by atoms with Crippen LogP contribution < -0.4 is 21.1 Å². The van der Waals surface area contributed by atoms with E-state index in [1.165, 1.54) is 9.46 Å². The van der Waals surface area contributed by atoms with Crippen molar-refractivity contribution < 1.29 is 18.7 Å². The lowest BCUT2D eigenvalue weighted by Crippen LogP contribution is -2.39. The normalized spacial score (nSPS) is 12.7. The zero-order valence-corrected chi connectivity index (χ0v) is 21.4. The molecule has 2 N–H and O–H groups in total. The molecule has 0 saturated carbocycles. The molecule has 4 aromatic rings. The molecule has 0 aliphatic heterocycles. The standard InChI is InChI=1S/C27H29N3O5S/c1-34-20-13-9-18(10-14-20)25(26(32)28-19-11-15-21(16-12-19)36(2,3)4)29-24(31)17-30-22-7-5-6-8-23(22)35-27(30)33/h5-16,25H,17H2,1-4H3,(H,28,32)(H,29,31). The fraction of sp³-hybridized carbons (Fsp3) is 0.222. The quantitative estimate of drug-likeness (QED) is 0.373. The predicted molar refractivity (Wildman–Crippen MR) is 143 cm³/mol. The van der Waals surface area contributed by atoms with Gasteiger partial charge in [-0.3, -0.25) is 14.2 Å². The molecule has 4 rings (SSSR count). The van der Waals surface area contributed by atoms with Crippen molar-refractivity contribution >= 4 is 38.6 Å². The molecule has 3 aromatic carbocycles. The van der Waals surface area contributed by atoms with Crippen LogP contribution in [0.1, 0.15) is 11.6 Å². The van der Waals surface area contributed by atoms with E-state index in [0.29, 0.717) is 28.1 Å². The van der Waals surface area contributed by atoms with E-state index < -0.39 is 33.6 Å². The van der Waals surface area contributed by atoms with Crippen molar-refractivity contribution in [3.05, 3.63) is 88.9 Å². The Morgan fingerprint density at radius 3 is 2.28 bits per heavy atom. The fourth-order valence-electron chi connectivity index (χ4n) is 3.77. The lowest BCUT2D eigenvalue weighted by Gasteiger charge is -2.26. The van der Waals surface area contributed by atoms with Gasteiger partial charge in [-0.1, -0.05) is 24.3 Å². The predicted octanol–water partition coefficient (Wildman–Crippen LogP) is 4.15. The highest BCUT2D eigenvalue weighted by Gasteiger charge is 2.24. The van der Waals surface area contributed by atoms with E-state index in [9.17, 15) is 14.4 Å². The van der Waals surface area contributed by atoms with Crippen LogP contribution in [-0.2, 0) is 16.1 Å². The second-order valence-corrected chi connectivity index (χ2v) is 13.2. The number of nitrogens with zero attached hydrogens (tertiary/aromatic N) is 1. The molecule has 1 heterocycles. The van der Waals surface area contributed by atoms with Gasteiger partial charge < -0.3 is 19.8 Å². The number of para-hydroxylation sites is 2. The van der Waals surface area contributed by atoms with Crippen molar-refractivity contribution in [3.8, 4) is 5.75 Å². The molecule has 0 spiro atoms. The number of oxazole rings is 1. The van der Waals surface area contributed by atoms with Gasteiger partial charge >= 0.3 is 5.76 Å². The van der Waals surface area contributed by atoms with Crippen molar-refractivity contribution in [2.24, 2.45) is 0 Å². The third-order valence-corrected chi connectivity index (χ3v) is 7.41. The van der Waals surface area contributed by atoms with Crippen LogP contribution in [0.15, 0.2) is 86.9 Å². The molecule has 9 heteroatoms. The van der Waals surface area contributed by atoms with Crippen LogP contribution in [0, 0.1) is 0 Å². The van der Waals surface area contributed by atoms with Crippen LogP contribution in [0.5, 0.6) is 5.75 Å². The van der Waals surface area contributed by atoms with Crippen LogP contribution in [0.4, 0.5) is 5.69 Å². The van der Waals surface area contributed by atoms with Gasteiger partial charge in [0.1, 0.15) is 18.3 Å². The molecular weight excluding hydrogens is 478 g/mol. The van der Waals surface area contributed by atoms with Crippen LogP contribution in [-0.4, -0.2) is 42.3 Å². The Morgan fingerprint density at radius 1 is 0.972 bits per heavy atom. The number of methoxy groups -OCH3 is 1. The molecule has 0 aliphatic carbocycles. The monoisotopic (exact) mass is 507 g/mol. The van der Waals surface area contributed by atoms with Crippen molar-refractivity contribution in [1.29, 1.82) is 0 Å². The summed E-state index contributed by atoms with van der Waals surface area (Å²) in [5.74, 6) is -0.932. The van der Waals surface area contributed by atoms with Gasteiger partial charge in [0.2, 0.25) is 5.91 Å². The molecule has 1 unspecified atom stereocenters. The van der Waals surface area contributed by atoms with Gasteiger partial charge in [0.25, 0.3) is 5.91 Å². The Kier molecular flexibility index (Phi) is 7.21. The number of carbonyl (C=O) groups is 2. The first-order valence-corrected chi connectivity index (χ1v) is 14.1. The number of hydrogen-bond acceptors (Lipinski definition) is 5. The number of nitrogens with one attached hydrogen (secondary N) is 2. The summed E-state index contributed by atoms with van der Waals surface area (Å²) in [6.07, 6.45) is 6.60. The number of fused-ring (bicyclic) bond motifs is 1. The number of benzene rings is 3. The highest BCUT2D eigenvalue weighted by Crippen LogP contribution is 2.45. The average molecular weight is 508 g/mol. The van der Waals surface area contributed by atoms with Gasteiger partial charge in [-0.25, -0.2) is 14.8 Å². The van der Waals surface area contributed by atoms with Crippen molar-refractivity contribution in [1.82, 2.24) is 9.88 Å². The summed E-state index contributed by atoms with van der Waals surface area (Å²) in [6, 6.07) is 20.5. The van der Waals surface area contributed by atoms with E-state index in [1.54, 1.807) is 55.6 Å². The molecule has 188 valence electrons. The smallest absolute Gasteiger partial charge is 0.420 e. The van der Waals surface area contributed by atoms with Crippen molar-refractivity contribution in [2.75, 3.05) is 31.2 Å². The van der Waals surface area contributed by atoms with E-state index in [0.717, 1.165) is 0 Å². The minimum atomic E-state index is -0.995. The maximum Gasteiger partial charge on any atom is 0.420 e. The zero-order chi connectivity index (χ0) is 25.9. The Bertz CT molecular complexity index is 1430. The van der Waals surface area contributed by atoms with Gasteiger partial charge in [0.15, 0.2) is 5.58 Å². The van der Waals surface area contributed by atoms with E-state index in [1.807, 2.05) is 24.3 Å². The maximum atomic E-state index is 13.3. The number of rotatable bonds is 8. The molecule has 0 aliphatic rings. The number of amides is 2. The number of carbonyl (C=O) groups excluding carboxylic acids is 2. The lowest BCUT2D eigenvalue weighted by molar-refractivity contribution is -0.127. The van der Waals surface area contributed by atoms with Gasteiger partial charge in [0.05, 0.1) is 12.6 Å². The summed E-state index contributed by atoms with van der Waals surface area (Å²) in [5.41, 5.74) is 2.09. The second-order valence-electron chi connectivity index (χ2n) is 9.05. The molecule has 1 aromatic heterocycles. The van der Waals surface area contributed by atoms with Crippen molar-refractivity contribution in [2.45, 2.75) is 17.5 Å². The van der Waals surface area contributed by atoms with E-state index in [-0.39, 0.29) is 6.54 Å². The van der Waals surface area contributed by atoms with Gasteiger partial charge in [0, 0.05) is 5.69 Å². The summed E-state index contributed by atoms with van der Waals surface area (Å²) in [4.78, 5) is 39.9. The van der Waals surface area contributed by atoms with E-state index in [4.69, 9.17) is 9.15 Å². The SMILES string of the molecule is COc1ccc(C(NC(=O)Cn2c(=O)oc3ccccc32)C(=O)Nc2ccc(S(C)(C)C)cc2)cc1. The molecule has 0 saturated heterocycles.